The standard InChI is InChI=1S/C14H22N4O2S/c1-17(2)5-6-18-14(11(20-4)8-16-18)13(15)12-7-10(19-3)9-21-12/h7-9,13H,5-6,15H2,1-4H3. The van der Waals surface area contributed by atoms with Crippen LogP contribution in [0.4, 0.5) is 0 Å². The summed E-state index contributed by atoms with van der Waals surface area (Å²) >= 11 is 1.58. The highest BCUT2D eigenvalue weighted by atomic mass is 32.1. The Kier molecular flexibility index (Phi) is 5.22. The molecule has 0 aliphatic carbocycles. The molecule has 2 aromatic rings. The SMILES string of the molecule is COc1csc(C(N)c2c(OC)cnn2CCN(C)C)c1. The summed E-state index contributed by atoms with van der Waals surface area (Å²) in [6, 6.07) is 1.68. The predicted molar refractivity (Wildman–Crippen MR) is 84.2 cm³/mol. The van der Waals surface area contributed by atoms with Crippen molar-refractivity contribution < 1.29 is 9.47 Å². The van der Waals surface area contributed by atoms with Gasteiger partial charge >= 0.3 is 0 Å². The van der Waals surface area contributed by atoms with Crippen LogP contribution in [-0.2, 0) is 6.54 Å². The molecule has 1 unspecified atom stereocenters. The summed E-state index contributed by atoms with van der Waals surface area (Å²) < 4.78 is 12.5. The maximum absolute atomic E-state index is 6.41. The second kappa shape index (κ2) is 6.93. The molecule has 21 heavy (non-hydrogen) atoms. The Hall–Kier alpha value is -1.57. The molecule has 0 saturated carbocycles. The molecule has 7 heteroatoms. The van der Waals surface area contributed by atoms with Gasteiger partial charge in [0.1, 0.15) is 11.4 Å². The van der Waals surface area contributed by atoms with Crippen molar-refractivity contribution in [1.29, 1.82) is 0 Å². The molecule has 0 radical (unpaired) electrons. The molecule has 0 bridgehead atoms. The Labute approximate surface area is 129 Å². The summed E-state index contributed by atoms with van der Waals surface area (Å²) in [6.45, 7) is 1.65. The first-order valence-electron chi connectivity index (χ1n) is 6.69. The van der Waals surface area contributed by atoms with Gasteiger partial charge in [0.25, 0.3) is 0 Å². The third-order valence-electron chi connectivity index (χ3n) is 3.26. The molecule has 1 atom stereocenters. The number of thiophene rings is 1. The van der Waals surface area contributed by atoms with E-state index in [0.717, 1.165) is 29.4 Å². The zero-order valence-corrected chi connectivity index (χ0v) is 13.7. The molecule has 2 rings (SSSR count). The van der Waals surface area contributed by atoms with E-state index >= 15 is 0 Å². The smallest absolute Gasteiger partial charge is 0.161 e. The lowest BCUT2D eigenvalue weighted by atomic mass is 10.1. The lowest BCUT2D eigenvalue weighted by molar-refractivity contribution is 0.363. The number of likely N-dealkylation sites (N-methyl/N-ethyl adjacent to an activating group) is 1. The van der Waals surface area contributed by atoms with E-state index in [1.165, 1.54) is 0 Å². The summed E-state index contributed by atoms with van der Waals surface area (Å²) in [5.74, 6) is 1.54. The normalized spacial score (nSPS) is 12.7. The van der Waals surface area contributed by atoms with Crippen molar-refractivity contribution in [3.8, 4) is 11.5 Å². The lowest BCUT2D eigenvalue weighted by Gasteiger charge is -2.16. The van der Waals surface area contributed by atoms with Gasteiger partial charge in [0.2, 0.25) is 0 Å². The van der Waals surface area contributed by atoms with Gasteiger partial charge in [-0.05, 0) is 20.2 Å². The summed E-state index contributed by atoms with van der Waals surface area (Å²) in [5.41, 5.74) is 7.31. The van der Waals surface area contributed by atoms with Gasteiger partial charge in [-0.15, -0.1) is 11.3 Å². The minimum atomic E-state index is -0.279. The lowest BCUT2D eigenvalue weighted by Crippen LogP contribution is -2.23. The van der Waals surface area contributed by atoms with Crippen LogP contribution in [0.1, 0.15) is 16.6 Å². The van der Waals surface area contributed by atoms with Crippen LogP contribution in [-0.4, -0.2) is 49.5 Å². The Bertz CT molecular complexity index is 579. The number of ether oxygens (including phenoxy) is 2. The first kappa shape index (κ1) is 15.8. The first-order valence-corrected chi connectivity index (χ1v) is 7.57. The number of hydrogen-bond donors (Lipinski definition) is 1. The molecule has 0 fully saturated rings. The summed E-state index contributed by atoms with van der Waals surface area (Å²) in [6.07, 6.45) is 1.72. The summed E-state index contributed by atoms with van der Waals surface area (Å²) in [4.78, 5) is 3.13. The number of hydrogen-bond acceptors (Lipinski definition) is 6. The fourth-order valence-corrected chi connectivity index (χ4v) is 2.92. The van der Waals surface area contributed by atoms with Crippen molar-refractivity contribution in [3.63, 3.8) is 0 Å². The second-order valence-corrected chi connectivity index (χ2v) is 5.93. The summed E-state index contributed by atoms with van der Waals surface area (Å²) in [7, 11) is 7.35. The molecule has 116 valence electrons. The zero-order chi connectivity index (χ0) is 15.4. The van der Waals surface area contributed by atoms with Crippen molar-refractivity contribution in [2.45, 2.75) is 12.6 Å². The molecule has 0 aliphatic rings. The molecular weight excluding hydrogens is 288 g/mol. The van der Waals surface area contributed by atoms with Gasteiger partial charge in [-0.2, -0.15) is 5.10 Å². The van der Waals surface area contributed by atoms with E-state index in [-0.39, 0.29) is 6.04 Å². The fourth-order valence-electron chi connectivity index (χ4n) is 2.06. The van der Waals surface area contributed by atoms with Gasteiger partial charge in [0.15, 0.2) is 5.75 Å². The van der Waals surface area contributed by atoms with Crippen molar-refractivity contribution >= 4 is 11.3 Å². The Balaban J connectivity index is 2.29. The first-order chi connectivity index (χ1) is 10.1. The number of rotatable bonds is 7. The Morgan fingerprint density at radius 3 is 2.71 bits per heavy atom. The van der Waals surface area contributed by atoms with Crippen molar-refractivity contribution in [2.75, 3.05) is 34.9 Å². The Morgan fingerprint density at radius 1 is 1.38 bits per heavy atom. The predicted octanol–water partition coefficient (Wildman–Crippen LogP) is 1.57. The van der Waals surface area contributed by atoms with Crippen LogP contribution < -0.4 is 15.2 Å². The number of aromatic nitrogens is 2. The monoisotopic (exact) mass is 310 g/mol. The fraction of sp³-hybridized carbons (Fsp3) is 0.500. The molecule has 0 aliphatic heterocycles. The van der Waals surface area contributed by atoms with E-state index in [0.29, 0.717) is 5.75 Å². The number of methoxy groups -OCH3 is 2. The van der Waals surface area contributed by atoms with Gasteiger partial charge in [-0.1, -0.05) is 0 Å². The molecule has 2 aromatic heterocycles. The molecule has 0 saturated heterocycles. The minimum absolute atomic E-state index is 0.279. The molecule has 0 spiro atoms. The molecule has 6 nitrogen and oxygen atoms in total. The van der Waals surface area contributed by atoms with E-state index in [1.54, 1.807) is 31.8 Å². The maximum Gasteiger partial charge on any atom is 0.161 e. The highest BCUT2D eigenvalue weighted by Crippen LogP contribution is 2.33. The topological polar surface area (TPSA) is 65.5 Å². The van der Waals surface area contributed by atoms with Gasteiger partial charge < -0.3 is 20.1 Å². The molecule has 2 heterocycles. The highest BCUT2D eigenvalue weighted by Gasteiger charge is 2.22. The third-order valence-corrected chi connectivity index (χ3v) is 4.25. The second-order valence-electron chi connectivity index (χ2n) is 4.99. The zero-order valence-electron chi connectivity index (χ0n) is 12.9. The van der Waals surface area contributed by atoms with Gasteiger partial charge in [0.05, 0.1) is 33.0 Å². The quantitative estimate of drug-likeness (QED) is 0.841. The molecule has 2 N–H and O–H groups in total. The highest BCUT2D eigenvalue weighted by molar-refractivity contribution is 7.10. The van der Waals surface area contributed by atoms with E-state index in [2.05, 4.69) is 10.00 Å². The molecule has 0 amide bonds. The third kappa shape index (κ3) is 3.55. The van der Waals surface area contributed by atoms with E-state index in [9.17, 15) is 0 Å². The maximum atomic E-state index is 6.41. The summed E-state index contributed by atoms with van der Waals surface area (Å²) in [5, 5.41) is 6.34. The van der Waals surface area contributed by atoms with Gasteiger partial charge in [-0.3, -0.25) is 4.68 Å². The number of nitrogens with zero attached hydrogens (tertiary/aromatic N) is 3. The van der Waals surface area contributed by atoms with Crippen molar-refractivity contribution in [3.05, 3.63) is 28.2 Å². The van der Waals surface area contributed by atoms with Crippen LogP contribution in [0, 0.1) is 0 Å². The van der Waals surface area contributed by atoms with Crippen LogP contribution in [0.2, 0.25) is 0 Å². The molecule has 0 aromatic carbocycles. The van der Waals surface area contributed by atoms with Crippen LogP contribution >= 0.6 is 11.3 Å². The van der Waals surface area contributed by atoms with E-state index in [1.807, 2.05) is 30.2 Å². The van der Waals surface area contributed by atoms with Crippen LogP contribution in [0.3, 0.4) is 0 Å². The average Bonchev–Trinajstić information content (AvgIpc) is 3.10. The van der Waals surface area contributed by atoms with Crippen molar-refractivity contribution in [1.82, 2.24) is 14.7 Å². The minimum Gasteiger partial charge on any atom is -0.496 e. The molecular formula is C14H22N4O2S. The largest absolute Gasteiger partial charge is 0.496 e. The van der Waals surface area contributed by atoms with E-state index in [4.69, 9.17) is 15.2 Å². The van der Waals surface area contributed by atoms with Crippen molar-refractivity contribution in [2.24, 2.45) is 5.73 Å². The van der Waals surface area contributed by atoms with Crippen LogP contribution in [0.25, 0.3) is 0 Å². The van der Waals surface area contributed by atoms with Crippen LogP contribution in [0.5, 0.6) is 11.5 Å². The van der Waals surface area contributed by atoms with Crippen LogP contribution in [0.15, 0.2) is 17.6 Å². The van der Waals surface area contributed by atoms with E-state index < -0.39 is 0 Å². The Morgan fingerprint density at radius 2 is 2.14 bits per heavy atom. The van der Waals surface area contributed by atoms with Gasteiger partial charge in [-0.25, -0.2) is 0 Å². The average molecular weight is 310 g/mol. The van der Waals surface area contributed by atoms with Gasteiger partial charge in [0, 0.05) is 16.8 Å². The number of nitrogens with two attached hydrogens (primary N) is 1.